The number of halogens is 2. The van der Waals surface area contributed by atoms with Gasteiger partial charge in [-0.15, -0.1) is 26.6 Å². The number of nitrogens with zero attached hydrogens (tertiary/aromatic N) is 11. The molecule has 0 aliphatic carbocycles. The number of carbonyl (C=O) groups excluding carboxylic acids is 3. The van der Waals surface area contributed by atoms with Crippen molar-refractivity contribution in [3.8, 4) is 0 Å². The van der Waals surface area contributed by atoms with Gasteiger partial charge in [-0.3, -0.25) is 0 Å². The largest absolute Gasteiger partial charge is 0.519 e. The van der Waals surface area contributed by atoms with Crippen molar-refractivity contribution in [1.29, 1.82) is 0 Å². The molecular formula is C26H37Br2N11O7S2. The highest BCUT2D eigenvalue weighted by Gasteiger charge is 2.30. The van der Waals surface area contributed by atoms with Gasteiger partial charge in [-0.1, -0.05) is 16.4 Å². The lowest BCUT2D eigenvalue weighted by atomic mass is 10.2. The number of amides is 1. The smallest absolute Gasteiger partial charge is 0.443 e. The molecule has 22 heteroatoms. The summed E-state index contributed by atoms with van der Waals surface area (Å²) in [4.78, 5) is 46.5. The molecule has 0 unspecified atom stereocenters. The van der Waals surface area contributed by atoms with Crippen molar-refractivity contribution < 1.29 is 33.3 Å². The SMILES string of the molecule is CC(C)(C)OC(=O)OC(=O)OC(C)(C)C.Cn1nnc(Cc2ncc(Br)s2)n1.Cn1nnc(N(C(=O)OC(C)(C)C)c2ncc(Br)s2)n1. The molecule has 0 spiro atoms. The highest BCUT2D eigenvalue weighted by atomic mass is 79.9. The molecule has 0 radical (unpaired) electrons. The zero-order valence-electron chi connectivity index (χ0n) is 28.2. The number of hydrogen-bond donors (Lipinski definition) is 0. The second-order valence-electron chi connectivity index (χ2n) is 12.3. The van der Waals surface area contributed by atoms with E-state index in [1.54, 1.807) is 100 Å². The van der Waals surface area contributed by atoms with E-state index in [-0.39, 0.29) is 5.95 Å². The summed E-state index contributed by atoms with van der Waals surface area (Å²) in [5, 5.41) is 24.6. The van der Waals surface area contributed by atoms with E-state index in [9.17, 15) is 14.4 Å². The molecule has 0 atom stereocenters. The average molecular weight is 840 g/mol. The lowest BCUT2D eigenvalue weighted by Crippen LogP contribution is -2.34. The minimum Gasteiger partial charge on any atom is -0.443 e. The number of aryl methyl sites for hydroxylation is 2. The van der Waals surface area contributed by atoms with Crippen LogP contribution in [0.15, 0.2) is 20.0 Å². The summed E-state index contributed by atoms with van der Waals surface area (Å²) >= 11 is 9.50. The molecule has 18 nitrogen and oxygen atoms in total. The molecule has 0 N–H and O–H groups in total. The topological polar surface area (TPSA) is 204 Å². The number of hydrogen-bond acceptors (Lipinski definition) is 17. The monoisotopic (exact) mass is 837 g/mol. The number of anilines is 2. The van der Waals surface area contributed by atoms with E-state index in [0.717, 1.165) is 12.6 Å². The Morgan fingerprint density at radius 3 is 1.65 bits per heavy atom. The Balaban J connectivity index is 0.000000257. The van der Waals surface area contributed by atoms with E-state index in [2.05, 4.69) is 77.4 Å². The molecule has 4 heterocycles. The fourth-order valence-corrected chi connectivity index (χ4v) is 5.24. The highest BCUT2D eigenvalue weighted by Crippen LogP contribution is 2.31. The predicted molar refractivity (Wildman–Crippen MR) is 182 cm³/mol. The Labute approximate surface area is 301 Å². The second kappa shape index (κ2) is 17.2. The molecule has 0 aliphatic heterocycles. The molecule has 1 amide bonds. The minimum atomic E-state index is -1.06. The zero-order chi connectivity index (χ0) is 36.4. The summed E-state index contributed by atoms with van der Waals surface area (Å²) < 4.78 is 21.0. The van der Waals surface area contributed by atoms with Crippen LogP contribution < -0.4 is 4.90 Å². The Kier molecular flexibility index (Phi) is 14.5. The first kappa shape index (κ1) is 40.5. The lowest BCUT2D eigenvalue weighted by Gasteiger charge is -2.23. The van der Waals surface area contributed by atoms with Crippen molar-refractivity contribution >= 4 is 84.0 Å². The molecule has 4 aromatic heterocycles. The predicted octanol–water partition coefficient (Wildman–Crippen LogP) is 6.40. The van der Waals surface area contributed by atoms with Gasteiger partial charge in [0.25, 0.3) is 5.95 Å². The molecule has 264 valence electrons. The van der Waals surface area contributed by atoms with E-state index >= 15 is 0 Å². The van der Waals surface area contributed by atoms with Gasteiger partial charge in [0.15, 0.2) is 5.82 Å². The van der Waals surface area contributed by atoms with E-state index in [0.29, 0.717) is 17.4 Å². The highest BCUT2D eigenvalue weighted by molar-refractivity contribution is 9.11. The van der Waals surface area contributed by atoms with Crippen LogP contribution in [0.4, 0.5) is 25.5 Å². The van der Waals surface area contributed by atoms with Crippen molar-refractivity contribution in [1.82, 2.24) is 50.4 Å². The van der Waals surface area contributed by atoms with Crippen molar-refractivity contribution in [2.24, 2.45) is 14.1 Å². The van der Waals surface area contributed by atoms with Gasteiger partial charge >= 0.3 is 18.4 Å². The summed E-state index contributed by atoms with van der Waals surface area (Å²) in [5.41, 5.74) is -2.02. The van der Waals surface area contributed by atoms with Crippen molar-refractivity contribution in [3.63, 3.8) is 0 Å². The third kappa shape index (κ3) is 16.0. The van der Waals surface area contributed by atoms with Crippen molar-refractivity contribution in [2.45, 2.75) is 85.5 Å². The lowest BCUT2D eigenvalue weighted by molar-refractivity contribution is -0.0294. The number of aromatic nitrogens is 10. The summed E-state index contributed by atoms with van der Waals surface area (Å²) in [5.74, 6) is 0.813. The van der Waals surface area contributed by atoms with Crippen LogP contribution in [0.2, 0.25) is 0 Å². The summed E-state index contributed by atoms with van der Waals surface area (Å²) in [6.07, 6.45) is 1.29. The Morgan fingerprint density at radius 1 is 0.750 bits per heavy atom. The summed E-state index contributed by atoms with van der Waals surface area (Å²) in [6.45, 7) is 15.4. The van der Waals surface area contributed by atoms with Gasteiger partial charge in [-0.25, -0.2) is 24.4 Å². The van der Waals surface area contributed by atoms with Gasteiger partial charge in [0, 0.05) is 0 Å². The molecule has 4 rings (SSSR count). The van der Waals surface area contributed by atoms with Crippen LogP contribution in [0.3, 0.4) is 0 Å². The Hall–Kier alpha value is -3.63. The molecule has 0 fully saturated rings. The number of carbonyl (C=O) groups is 3. The fourth-order valence-electron chi connectivity index (χ4n) is 2.77. The Morgan fingerprint density at radius 2 is 1.25 bits per heavy atom. The first-order chi connectivity index (χ1) is 22.0. The van der Waals surface area contributed by atoms with Gasteiger partial charge < -0.3 is 18.9 Å². The van der Waals surface area contributed by atoms with Crippen LogP contribution in [0, 0.1) is 0 Å². The van der Waals surface area contributed by atoms with Gasteiger partial charge in [0.1, 0.15) is 21.8 Å². The summed E-state index contributed by atoms with van der Waals surface area (Å²) in [6, 6.07) is 0. The minimum absolute atomic E-state index is 0.114. The van der Waals surface area contributed by atoms with Crippen LogP contribution in [-0.2, 0) is 39.5 Å². The van der Waals surface area contributed by atoms with Gasteiger partial charge in [-0.05, 0) is 105 Å². The average Bonchev–Trinajstić information content (AvgIpc) is 3.68. The molecule has 0 aliphatic rings. The molecule has 0 bridgehead atoms. The standard InChI is InChI=1S/C10H13BrN6O2S.C10H18O5.C6H6BrN5S/c1-10(2,3)19-9(18)17(7-13-15-16(4)14-7)8-12-5-6(11)20-8;1-9(2,3)14-7(11)13-8(12)15-10(4,5)6;1-12-10-5(9-11-12)2-6-8-3-4(7)13-6/h5H,1-4H3;1-6H3;3H,2H2,1H3. The molecular weight excluding hydrogens is 802 g/mol. The van der Waals surface area contributed by atoms with Crippen molar-refractivity contribution in [2.75, 3.05) is 4.90 Å². The third-order valence-corrected chi connectivity index (χ3v) is 7.20. The van der Waals surface area contributed by atoms with E-state index in [1.165, 1.54) is 25.8 Å². The second-order valence-corrected chi connectivity index (χ2v) is 17.2. The first-order valence-electron chi connectivity index (χ1n) is 13.8. The number of tetrazole rings is 2. The maximum Gasteiger partial charge on any atom is 0.519 e. The van der Waals surface area contributed by atoms with Crippen LogP contribution in [0.25, 0.3) is 0 Å². The van der Waals surface area contributed by atoms with Crippen LogP contribution in [0.1, 0.15) is 73.1 Å². The molecule has 48 heavy (non-hydrogen) atoms. The van der Waals surface area contributed by atoms with Gasteiger partial charge in [-0.2, -0.15) is 14.5 Å². The molecule has 0 saturated heterocycles. The molecule has 0 saturated carbocycles. The van der Waals surface area contributed by atoms with Gasteiger partial charge in [0.2, 0.25) is 5.13 Å². The number of ether oxygens (including phenoxy) is 4. The Bertz CT molecular complexity index is 1550. The van der Waals surface area contributed by atoms with Crippen molar-refractivity contribution in [3.05, 3.63) is 30.8 Å². The van der Waals surface area contributed by atoms with E-state index in [1.807, 2.05) is 0 Å². The van der Waals surface area contributed by atoms with Crippen LogP contribution in [0.5, 0.6) is 0 Å². The maximum absolute atomic E-state index is 12.3. The zero-order valence-corrected chi connectivity index (χ0v) is 33.0. The van der Waals surface area contributed by atoms with E-state index < -0.39 is 35.2 Å². The maximum atomic E-state index is 12.3. The summed E-state index contributed by atoms with van der Waals surface area (Å²) in [7, 11) is 3.36. The van der Waals surface area contributed by atoms with Gasteiger partial charge in [0.05, 0.1) is 40.5 Å². The number of rotatable bonds is 4. The van der Waals surface area contributed by atoms with Crippen LogP contribution in [-0.4, -0.2) is 85.6 Å². The first-order valence-corrected chi connectivity index (χ1v) is 17.1. The number of thiazole rings is 2. The fraction of sp³-hybridized carbons (Fsp3) is 0.577. The molecule has 0 aromatic carbocycles. The van der Waals surface area contributed by atoms with Crippen LogP contribution >= 0.6 is 54.5 Å². The van der Waals surface area contributed by atoms with E-state index in [4.69, 9.17) is 14.2 Å². The third-order valence-electron chi connectivity index (χ3n) is 4.26. The normalized spacial score (nSPS) is 11.4. The molecule has 4 aromatic rings. The quantitative estimate of drug-likeness (QED) is 0.124.